The lowest BCUT2D eigenvalue weighted by atomic mass is 10.2. The summed E-state index contributed by atoms with van der Waals surface area (Å²) in [5.74, 6) is 0. The lowest BCUT2D eigenvalue weighted by molar-refractivity contribution is 0.562. The molecule has 0 heterocycles. The van der Waals surface area contributed by atoms with Crippen LogP contribution < -0.4 is 10.5 Å². The van der Waals surface area contributed by atoms with Gasteiger partial charge in [-0.25, -0.2) is 13.1 Å². The van der Waals surface area contributed by atoms with Crippen LogP contribution in [-0.4, -0.2) is 21.0 Å². The molecule has 3 N–H and O–H groups in total. The van der Waals surface area contributed by atoms with Gasteiger partial charge >= 0.3 is 0 Å². The van der Waals surface area contributed by atoms with Gasteiger partial charge in [-0.3, -0.25) is 0 Å². The van der Waals surface area contributed by atoms with E-state index in [1.165, 1.54) is 0 Å². The second kappa shape index (κ2) is 5.43. The molecule has 16 heavy (non-hydrogen) atoms. The summed E-state index contributed by atoms with van der Waals surface area (Å²) in [7, 11) is -3.43. The van der Waals surface area contributed by atoms with E-state index in [1.54, 1.807) is 19.1 Å². The van der Waals surface area contributed by atoms with E-state index in [2.05, 4.69) is 4.72 Å². The third-order valence-corrected chi connectivity index (χ3v) is 3.96. The molecule has 0 radical (unpaired) electrons. The molecule has 90 valence electrons. The first kappa shape index (κ1) is 13.2. The fourth-order valence-electron chi connectivity index (χ4n) is 1.29. The normalized spacial score (nSPS) is 13.7. The standard InChI is InChI=1S/C11H18N2O2S/c1-3-10-4-6-11(7-5-10)16(14,15)13-9(2)8-12/h4-7,9,13H,3,8,12H2,1-2H3. The topological polar surface area (TPSA) is 72.2 Å². The summed E-state index contributed by atoms with van der Waals surface area (Å²) in [6, 6.07) is 6.62. The number of benzene rings is 1. The minimum atomic E-state index is -3.43. The zero-order chi connectivity index (χ0) is 12.2. The molecule has 0 aliphatic carbocycles. The van der Waals surface area contributed by atoms with Gasteiger partial charge in [0.2, 0.25) is 10.0 Å². The maximum atomic E-state index is 11.8. The van der Waals surface area contributed by atoms with E-state index in [0.29, 0.717) is 0 Å². The summed E-state index contributed by atoms with van der Waals surface area (Å²) in [5.41, 5.74) is 6.49. The summed E-state index contributed by atoms with van der Waals surface area (Å²) >= 11 is 0. The number of sulfonamides is 1. The Morgan fingerprint density at radius 2 is 1.88 bits per heavy atom. The molecular weight excluding hydrogens is 224 g/mol. The lowest BCUT2D eigenvalue weighted by Crippen LogP contribution is -2.37. The van der Waals surface area contributed by atoms with Crippen LogP contribution in [-0.2, 0) is 16.4 Å². The van der Waals surface area contributed by atoms with Crippen LogP contribution in [0.5, 0.6) is 0 Å². The number of rotatable bonds is 5. The van der Waals surface area contributed by atoms with Crippen molar-refractivity contribution in [2.75, 3.05) is 6.54 Å². The Labute approximate surface area is 96.9 Å². The molecule has 0 saturated carbocycles. The van der Waals surface area contributed by atoms with Crippen LogP contribution in [0, 0.1) is 0 Å². The van der Waals surface area contributed by atoms with Crippen LogP contribution in [0.3, 0.4) is 0 Å². The van der Waals surface area contributed by atoms with Gasteiger partial charge < -0.3 is 5.73 Å². The zero-order valence-corrected chi connectivity index (χ0v) is 10.4. The molecule has 1 unspecified atom stereocenters. The van der Waals surface area contributed by atoms with Crippen LogP contribution in [0.15, 0.2) is 29.2 Å². The summed E-state index contributed by atoms with van der Waals surface area (Å²) in [4.78, 5) is 0.282. The molecule has 0 aromatic heterocycles. The Bertz CT molecular complexity index is 426. The maximum absolute atomic E-state index is 11.8. The summed E-state index contributed by atoms with van der Waals surface area (Å²) in [5, 5.41) is 0. The van der Waals surface area contributed by atoms with Crippen molar-refractivity contribution in [1.82, 2.24) is 4.72 Å². The first-order valence-corrected chi connectivity index (χ1v) is 6.79. The van der Waals surface area contributed by atoms with Crippen LogP contribution in [0.4, 0.5) is 0 Å². The molecule has 5 heteroatoms. The predicted octanol–water partition coefficient (Wildman–Crippen LogP) is 0.874. The Balaban J connectivity index is 2.90. The molecule has 1 aromatic carbocycles. The molecule has 0 amide bonds. The summed E-state index contributed by atoms with van der Waals surface area (Å²) < 4.78 is 26.2. The lowest BCUT2D eigenvalue weighted by Gasteiger charge is -2.12. The first-order chi connectivity index (χ1) is 7.49. The smallest absolute Gasteiger partial charge is 0.240 e. The van der Waals surface area contributed by atoms with Crippen molar-refractivity contribution in [3.05, 3.63) is 29.8 Å². The SMILES string of the molecule is CCc1ccc(S(=O)(=O)NC(C)CN)cc1. The maximum Gasteiger partial charge on any atom is 0.240 e. The second-order valence-electron chi connectivity index (χ2n) is 3.76. The van der Waals surface area contributed by atoms with E-state index in [4.69, 9.17) is 5.73 Å². The van der Waals surface area contributed by atoms with Crippen LogP contribution >= 0.6 is 0 Å². The first-order valence-electron chi connectivity index (χ1n) is 5.31. The van der Waals surface area contributed by atoms with E-state index in [-0.39, 0.29) is 17.5 Å². The van der Waals surface area contributed by atoms with Crippen molar-refractivity contribution in [1.29, 1.82) is 0 Å². The Morgan fingerprint density at radius 1 is 1.31 bits per heavy atom. The molecule has 1 atom stereocenters. The second-order valence-corrected chi connectivity index (χ2v) is 5.47. The van der Waals surface area contributed by atoms with Crippen molar-refractivity contribution in [3.8, 4) is 0 Å². The third-order valence-electron chi connectivity index (χ3n) is 2.35. The van der Waals surface area contributed by atoms with E-state index in [0.717, 1.165) is 12.0 Å². The van der Waals surface area contributed by atoms with E-state index >= 15 is 0 Å². The molecule has 0 aliphatic heterocycles. The Kier molecular flexibility index (Phi) is 4.46. The van der Waals surface area contributed by atoms with Crippen LogP contribution in [0.2, 0.25) is 0 Å². The van der Waals surface area contributed by atoms with Gasteiger partial charge in [-0.05, 0) is 31.0 Å². The van der Waals surface area contributed by atoms with Gasteiger partial charge in [0.15, 0.2) is 0 Å². The molecule has 0 spiro atoms. The molecular formula is C11H18N2O2S. The van der Waals surface area contributed by atoms with Gasteiger partial charge in [0, 0.05) is 12.6 Å². The number of nitrogens with one attached hydrogen (secondary N) is 1. The van der Waals surface area contributed by atoms with E-state index in [1.807, 2.05) is 19.1 Å². The molecule has 1 aromatic rings. The minimum Gasteiger partial charge on any atom is -0.329 e. The van der Waals surface area contributed by atoms with Crippen LogP contribution in [0.1, 0.15) is 19.4 Å². The van der Waals surface area contributed by atoms with Gasteiger partial charge in [0.25, 0.3) is 0 Å². The van der Waals surface area contributed by atoms with Gasteiger partial charge in [0.1, 0.15) is 0 Å². The van der Waals surface area contributed by atoms with Gasteiger partial charge in [-0.15, -0.1) is 0 Å². The molecule has 4 nitrogen and oxygen atoms in total. The molecule has 0 fully saturated rings. The highest BCUT2D eigenvalue weighted by Crippen LogP contribution is 2.11. The monoisotopic (exact) mass is 242 g/mol. The fraction of sp³-hybridized carbons (Fsp3) is 0.455. The molecule has 0 bridgehead atoms. The quantitative estimate of drug-likeness (QED) is 0.805. The average Bonchev–Trinajstić information content (AvgIpc) is 2.28. The van der Waals surface area contributed by atoms with Crippen molar-refractivity contribution in [2.24, 2.45) is 5.73 Å². The van der Waals surface area contributed by atoms with Crippen LogP contribution in [0.25, 0.3) is 0 Å². The van der Waals surface area contributed by atoms with Gasteiger partial charge in [-0.1, -0.05) is 19.1 Å². The number of nitrogens with two attached hydrogens (primary N) is 1. The van der Waals surface area contributed by atoms with Crippen molar-refractivity contribution in [2.45, 2.75) is 31.2 Å². The van der Waals surface area contributed by atoms with Gasteiger partial charge in [0.05, 0.1) is 4.90 Å². The van der Waals surface area contributed by atoms with Crippen molar-refractivity contribution in [3.63, 3.8) is 0 Å². The van der Waals surface area contributed by atoms with Gasteiger partial charge in [-0.2, -0.15) is 0 Å². The summed E-state index contributed by atoms with van der Waals surface area (Å²) in [6.07, 6.45) is 0.896. The summed E-state index contributed by atoms with van der Waals surface area (Å²) in [6.45, 7) is 4.04. The number of aryl methyl sites for hydroxylation is 1. The highest BCUT2D eigenvalue weighted by Gasteiger charge is 2.15. The van der Waals surface area contributed by atoms with E-state index < -0.39 is 10.0 Å². The highest BCUT2D eigenvalue weighted by atomic mass is 32.2. The number of hydrogen-bond donors (Lipinski definition) is 2. The van der Waals surface area contributed by atoms with E-state index in [9.17, 15) is 8.42 Å². The fourth-order valence-corrected chi connectivity index (χ4v) is 2.54. The minimum absolute atomic E-state index is 0.254. The van der Waals surface area contributed by atoms with Crippen molar-refractivity contribution >= 4 is 10.0 Å². The zero-order valence-electron chi connectivity index (χ0n) is 9.60. The molecule has 0 aliphatic rings. The molecule has 1 rings (SSSR count). The highest BCUT2D eigenvalue weighted by molar-refractivity contribution is 7.89. The predicted molar refractivity (Wildman–Crippen MR) is 64.7 cm³/mol. The Hall–Kier alpha value is -0.910. The third kappa shape index (κ3) is 3.30. The molecule has 0 saturated heterocycles. The average molecular weight is 242 g/mol. The Morgan fingerprint density at radius 3 is 2.31 bits per heavy atom. The number of hydrogen-bond acceptors (Lipinski definition) is 3. The largest absolute Gasteiger partial charge is 0.329 e. The van der Waals surface area contributed by atoms with Crippen molar-refractivity contribution < 1.29 is 8.42 Å².